The maximum Gasteiger partial charge on any atom is 0.179 e. The molecule has 0 amide bonds. The maximum atomic E-state index is 5.13. The molecular formula is C49H34N4SSi. The fraction of sp³-hybridized carbons (Fsp3) is 0.0204. The number of aryl methyl sites for hydroxylation is 1. The summed E-state index contributed by atoms with van der Waals surface area (Å²) in [4.78, 5) is 10.2. The van der Waals surface area contributed by atoms with E-state index in [1.807, 2.05) is 17.5 Å². The number of benzene rings is 7. The normalized spacial score (nSPS) is 12.1. The maximum absolute atomic E-state index is 5.13. The highest BCUT2D eigenvalue weighted by atomic mass is 32.1. The van der Waals surface area contributed by atoms with Crippen LogP contribution in [0.15, 0.2) is 188 Å². The summed E-state index contributed by atoms with van der Waals surface area (Å²) >= 11 is 1.86. The van der Waals surface area contributed by atoms with Crippen LogP contribution >= 0.6 is 11.3 Å². The SMILES string of the molecule is Cn1c(-c2cccc([Si](c3ccccc3)(c3ccccc3)c3cccc(-n4c5cc6sc7ccccc7c6cc5c5cccnc54)c3)c2)nc2ccccc21. The lowest BCUT2D eigenvalue weighted by Gasteiger charge is -2.35. The van der Waals surface area contributed by atoms with Gasteiger partial charge in [-0.3, -0.25) is 4.57 Å². The number of nitrogens with zero attached hydrogens (tertiary/aromatic N) is 4. The largest absolute Gasteiger partial charge is 0.327 e. The van der Waals surface area contributed by atoms with Crippen LogP contribution in [-0.2, 0) is 7.05 Å². The van der Waals surface area contributed by atoms with Gasteiger partial charge in [0.05, 0.1) is 16.6 Å². The minimum atomic E-state index is -2.93. The van der Waals surface area contributed by atoms with E-state index in [1.54, 1.807) is 0 Å². The van der Waals surface area contributed by atoms with Crippen LogP contribution < -0.4 is 20.7 Å². The van der Waals surface area contributed by atoms with Gasteiger partial charge in [0.1, 0.15) is 11.5 Å². The molecule has 0 aliphatic rings. The third-order valence-corrected chi connectivity index (χ3v) is 17.2. The third-order valence-electron chi connectivity index (χ3n) is 11.3. The minimum Gasteiger partial charge on any atom is -0.327 e. The van der Waals surface area contributed by atoms with Gasteiger partial charge >= 0.3 is 0 Å². The molecule has 260 valence electrons. The van der Waals surface area contributed by atoms with Gasteiger partial charge < -0.3 is 4.57 Å². The molecule has 11 aromatic rings. The Hall–Kier alpha value is -6.60. The average molecular weight is 739 g/mol. The summed E-state index contributed by atoms with van der Waals surface area (Å²) < 4.78 is 7.18. The number of hydrogen-bond donors (Lipinski definition) is 0. The first-order valence-electron chi connectivity index (χ1n) is 18.6. The minimum absolute atomic E-state index is 0.963. The summed E-state index contributed by atoms with van der Waals surface area (Å²) in [6.07, 6.45) is 1.92. The highest BCUT2D eigenvalue weighted by Crippen LogP contribution is 2.40. The van der Waals surface area contributed by atoms with Crippen LogP contribution in [0, 0.1) is 0 Å². The third kappa shape index (κ3) is 4.82. The molecule has 0 aliphatic heterocycles. The Morgan fingerprint density at radius 1 is 0.491 bits per heavy atom. The lowest BCUT2D eigenvalue weighted by Crippen LogP contribution is -2.74. The van der Waals surface area contributed by atoms with Gasteiger partial charge in [-0.25, -0.2) is 9.97 Å². The predicted octanol–water partition coefficient (Wildman–Crippen LogP) is 9.48. The Labute approximate surface area is 323 Å². The lowest BCUT2D eigenvalue weighted by molar-refractivity contribution is 0.959. The molecule has 0 bridgehead atoms. The van der Waals surface area contributed by atoms with E-state index in [1.165, 1.54) is 51.8 Å². The fourth-order valence-corrected chi connectivity index (χ4v) is 14.8. The van der Waals surface area contributed by atoms with Gasteiger partial charge in [-0.2, -0.15) is 0 Å². The standard InChI is InChI=1S/C49H34N4SSi/c1-52-44-26-10-9-25-43(44)51-48(52)33-15-12-21-37(29-33)55(35-17-4-2-5-18-35,36-19-6-3-7-20-36)38-22-13-16-34(30-38)53-45-32-47-42(39-23-8-11-27-46(39)54-47)31-41(45)40-24-14-28-50-49(40)53/h2-32H,1H3. The number of rotatable bonds is 6. The molecule has 0 atom stereocenters. The van der Waals surface area contributed by atoms with Crippen molar-refractivity contribution >= 4 is 93.3 Å². The van der Waals surface area contributed by atoms with Crippen molar-refractivity contribution in [3.63, 3.8) is 0 Å². The molecule has 4 aromatic heterocycles. The van der Waals surface area contributed by atoms with Crippen molar-refractivity contribution < 1.29 is 0 Å². The number of pyridine rings is 1. The van der Waals surface area contributed by atoms with E-state index in [-0.39, 0.29) is 0 Å². The van der Waals surface area contributed by atoms with Crippen LogP contribution in [0.1, 0.15) is 0 Å². The molecule has 4 heterocycles. The van der Waals surface area contributed by atoms with E-state index in [9.17, 15) is 0 Å². The number of para-hydroxylation sites is 2. The first-order valence-corrected chi connectivity index (χ1v) is 21.4. The zero-order valence-corrected chi connectivity index (χ0v) is 31.9. The Kier molecular flexibility index (Phi) is 7.24. The van der Waals surface area contributed by atoms with Crippen molar-refractivity contribution in [2.24, 2.45) is 7.05 Å². The van der Waals surface area contributed by atoms with Crippen LogP contribution in [0.25, 0.3) is 70.2 Å². The predicted molar refractivity (Wildman–Crippen MR) is 235 cm³/mol. The van der Waals surface area contributed by atoms with Crippen molar-refractivity contribution in [2.45, 2.75) is 0 Å². The molecule has 4 nitrogen and oxygen atoms in total. The first kappa shape index (κ1) is 31.9. The van der Waals surface area contributed by atoms with Crippen LogP contribution in [0.4, 0.5) is 0 Å². The van der Waals surface area contributed by atoms with E-state index in [2.05, 4.69) is 198 Å². The van der Waals surface area contributed by atoms with Crippen LogP contribution in [0.5, 0.6) is 0 Å². The topological polar surface area (TPSA) is 35.6 Å². The molecule has 0 unspecified atom stereocenters. The Bertz CT molecular complexity index is 3190. The van der Waals surface area contributed by atoms with Crippen molar-refractivity contribution in [1.29, 1.82) is 0 Å². The van der Waals surface area contributed by atoms with E-state index in [4.69, 9.17) is 9.97 Å². The molecule has 55 heavy (non-hydrogen) atoms. The molecule has 0 radical (unpaired) electrons. The number of hydrogen-bond acceptors (Lipinski definition) is 3. The van der Waals surface area contributed by atoms with E-state index < -0.39 is 8.07 Å². The summed E-state index contributed by atoms with van der Waals surface area (Å²) in [5, 5.41) is 10.2. The van der Waals surface area contributed by atoms with E-state index in [0.29, 0.717) is 0 Å². The second-order valence-corrected chi connectivity index (χ2v) is 19.2. The number of fused-ring (bicyclic) bond motifs is 7. The molecule has 7 aromatic carbocycles. The van der Waals surface area contributed by atoms with Gasteiger partial charge in [0.15, 0.2) is 8.07 Å². The lowest BCUT2D eigenvalue weighted by atomic mass is 10.1. The van der Waals surface area contributed by atoms with E-state index >= 15 is 0 Å². The summed E-state index contributed by atoms with van der Waals surface area (Å²) in [6.45, 7) is 0. The van der Waals surface area contributed by atoms with Crippen LogP contribution in [0.2, 0.25) is 0 Å². The summed E-state index contributed by atoms with van der Waals surface area (Å²) in [5.41, 5.74) is 6.47. The van der Waals surface area contributed by atoms with Gasteiger partial charge in [0, 0.05) is 55.4 Å². The molecule has 0 saturated carbocycles. The zero-order chi connectivity index (χ0) is 36.5. The summed E-state index contributed by atoms with van der Waals surface area (Å²) in [5.74, 6) is 0.963. The average Bonchev–Trinajstić information content (AvgIpc) is 3.90. The number of imidazole rings is 1. The smallest absolute Gasteiger partial charge is 0.179 e. The van der Waals surface area contributed by atoms with Crippen molar-refractivity contribution in [3.8, 4) is 17.1 Å². The van der Waals surface area contributed by atoms with Crippen molar-refractivity contribution in [2.75, 3.05) is 0 Å². The molecule has 0 N–H and O–H groups in total. The van der Waals surface area contributed by atoms with E-state index in [0.717, 1.165) is 39.1 Å². The summed E-state index contributed by atoms with van der Waals surface area (Å²) in [6, 6.07) is 66.9. The molecule has 6 heteroatoms. The van der Waals surface area contributed by atoms with Gasteiger partial charge in [0.25, 0.3) is 0 Å². The Balaban J connectivity index is 1.20. The highest BCUT2D eigenvalue weighted by Gasteiger charge is 2.42. The van der Waals surface area contributed by atoms with Crippen LogP contribution in [-0.4, -0.2) is 27.2 Å². The molecule has 0 saturated heterocycles. The molecule has 0 aliphatic carbocycles. The Morgan fingerprint density at radius 3 is 1.96 bits per heavy atom. The number of aromatic nitrogens is 4. The quantitative estimate of drug-likeness (QED) is 0.126. The highest BCUT2D eigenvalue weighted by molar-refractivity contribution is 7.26. The van der Waals surface area contributed by atoms with Gasteiger partial charge in [-0.15, -0.1) is 11.3 Å². The van der Waals surface area contributed by atoms with Gasteiger partial charge in [0.2, 0.25) is 0 Å². The fourth-order valence-electron chi connectivity index (χ4n) is 8.87. The molecule has 0 fully saturated rings. The van der Waals surface area contributed by atoms with Gasteiger partial charge in [-0.1, -0.05) is 127 Å². The van der Waals surface area contributed by atoms with Crippen molar-refractivity contribution in [3.05, 3.63) is 188 Å². The molecule has 0 spiro atoms. The monoisotopic (exact) mass is 738 g/mol. The first-order chi connectivity index (χ1) is 27.2. The number of thiophene rings is 1. The second kappa shape index (κ2) is 12.5. The zero-order valence-electron chi connectivity index (χ0n) is 30.1. The summed E-state index contributed by atoms with van der Waals surface area (Å²) in [7, 11) is -0.817. The van der Waals surface area contributed by atoms with Crippen LogP contribution in [0.3, 0.4) is 0 Å². The molecular weight excluding hydrogens is 705 g/mol. The Morgan fingerprint density at radius 2 is 1.16 bits per heavy atom. The van der Waals surface area contributed by atoms with Gasteiger partial charge in [-0.05, 0) is 75.3 Å². The molecule has 11 rings (SSSR count). The second-order valence-electron chi connectivity index (χ2n) is 14.3. The van der Waals surface area contributed by atoms with Crippen molar-refractivity contribution in [1.82, 2.24) is 19.1 Å².